The predicted octanol–water partition coefficient (Wildman–Crippen LogP) is 3.65. The maximum Gasteiger partial charge on any atom is 0.254 e. The van der Waals surface area contributed by atoms with Gasteiger partial charge < -0.3 is 9.64 Å². The third-order valence-corrected chi connectivity index (χ3v) is 5.05. The van der Waals surface area contributed by atoms with Crippen LogP contribution in [-0.2, 0) is 17.8 Å². The van der Waals surface area contributed by atoms with Gasteiger partial charge >= 0.3 is 0 Å². The van der Waals surface area contributed by atoms with E-state index in [2.05, 4.69) is 18.4 Å². The van der Waals surface area contributed by atoms with Gasteiger partial charge in [-0.15, -0.1) is 11.3 Å². The van der Waals surface area contributed by atoms with E-state index in [1.54, 1.807) is 18.4 Å². The molecule has 2 heterocycles. The van der Waals surface area contributed by atoms with Gasteiger partial charge in [-0.05, 0) is 48.1 Å². The van der Waals surface area contributed by atoms with E-state index in [4.69, 9.17) is 4.74 Å². The molecule has 0 aliphatic carbocycles. The number of carbonyl (C=O) groups excluding carboxylic acids is 1. The summed E-state index contributed by atoms with van der Waals surface area (Å²) in [5, 5.41) is 2.12. The molecule has 3 rings (SSSR count). The first-order chi connectivity index (χ1) is 10.2. The number of amides is 1. The van der Waals surface area contributed by atoms with Crippen LogP contribution in [0.5, 0.6) is 0 Å². The zero-order valence-electron chi connectivity index (χ0n) is 12.3. The molecule has 1 amide bonds. The summed E-state index contributed by atoms with van der Waals surface area (Å²) in [6, 6.07) is 10.0. The average Bonchev–Trinajstić information content (AvgIpc) is 2.98. The summed E-state index contributed by atoms with van der Waals surface area (Å²) >= 11 is 1.79. The third kappa shape index (κ3) is 2.74. The van der Waals surface area contributed by atoms with E-state index >= 15 is 0 Å². The molecule has 0 radical (unpaired) electrons. The Morgan fingerprint density at radius 1 is 1.33 bits per heavy atom. The summed E-state index contributed by atoms with van der Waals surface area (Å²) < 4.78 is 5.10. The summed E-state index contributed by atoms with van der Waals surface area (Å²) in [7, 11) is 1.67. The Morgan fingerprint density at radius 2 is 2.10 bits per heavy atom. The van der Waals surface area contributed by atoms with Crippen LogP contribution in [-0.4, -0.2) is 24.5 Å². The maximum atomic E-state index is 12.7. The van der Waals surface area contributed by atoms with Crippen LogP contribution in [0.25, 0.3) is 0 Å². The molecule has 1 aromatic carbocycles. The second-order valence-corrected chi connectivity index (χ2v) is 6.35. The fourth-order valence-corrected chi connectivity index (χ4v) is 3.83. The molecule has 1 aliphatic heterocycles. The number of thiophene rings is 1. The minimum absolute atomic E-state index is 0.114. The van der Waals surface area contributed by atoms with E-state index in [1.165, 1.54) is 10.4 Å². The molecule has 2 aromatic rings. The van der Waals surface area contributed by atoms with Gasteiger partial charge in [-0.3, -0.25) is 4.79 Å². The summed E-state index contributed by atoms with van der Waals surface area (Å²) in [5.74, 6) is 0.114. The van der Waals surface area contributed by atoms with Crippen LogP contribution >= 0.6 is 11.3 Å². The van der Waals surface area contributed by atoms with E-state index in [0.29, 0.717) is 6.61 Å². The van der Waals surface area contributed by atoms with Crippen molar-refractivity contribution in [2.75, 3.05) is 13.7 Å². The topological polar surface area (TPSA) is 29.5 Å². The Morgan fingerprint density at radius 3 is 2.81 bits per heavy atom. The second kappa shape index (κ2) is 6.00. The maximum absolute atomic E-state index is 12.7. The number of methoxy groups -OCH3 is 1. The van der Waals surface area contributed by atoms with Gasteiger partial charge in [0.05, 0.1) is 12.6 Å². The van der Waals surface area contributed by atoms with Crippen LogP contribution in [0, 0.1) is 0 Å². The molecule has 21 heavy (non-hydrogen) atoms. The lowest BCUT2D eigenvalue weighted by atomic mass is 10.00. The number of nitrogens with zero attached hydrogens (tertiary/aromatic N) is 1. The smallest absolute Gasteiger partial charge is 0.254 e. The zero-order chi connectivity index (χ0) is 14.8. The van der Waals surface area contributed by atoms with Crippen molar-refractivity contribution in [2.45, 2.75) is 26.0 Å². The van der Waals surface area contributed by atoms with E-state index < -0.39 is 0 Å². The van der Waals surface area contributed by atoms with E-state index in [1.807, 2.05) is 29.2 Å². The van der Waals surface area contributed by atoms with E-state index in [-0.39, 0.29) is 11.9 Å². The molecular formula is C17H19NO2S. The largest absolute Gasteiger partial charge is 0.380 e. The molecule has 110 valence electrons. The molecule has 0 unspecified atom stereocenters. The highest BCUT2D eigenvalue weighted by Gasteiger charge is 2.28. The lowest BCUT2D eigenvalue weighted by molar-refractivity contribution is 0.0679. The van der Waals surface area contributed by atoms with Crippen LogP contribution in [0.1, 0.15) is 39.3 Å². The number of ether oxygens (including phenoxy) is 1. The van der Waals surface area contributed by atoms with Crippen molar-refractivity contribution < 1.29 is 9.53 Å². The quantitative estimate of drug-likeness (QED) is 0.866. The Hall–Kier alpha value is -1.65. The van der Waals surface area contributed by atoms with Crippen molar-refractivity contribution in [3.8, 4) is 0 Å². The molecule has 1 aromatic heterocycles. The first-order valence-corrected chi connectivity index (χ1v) is 8.04. The van der Waals surface area contributed by atoms with E-state index in [0.717, 1.165) is 24.1 Å². The van der Waals surface area contributed by atoms with Crippen molar-refractivity contribution in [2.24, 2.45) is 0 Å². The number of carbonyl (C=O) groups is 1. The van der Waals surface area contributed by atoms with Crippen LogP contribution in [0.15, 0.2) is 35.7 Å². The minimum Gasteiger partial charge on any atom is -0.380 e. The average molecular weight is 301 g/mol. The summed E-state index contributed by atoms with van der Waals surface area (Å²) in [5.41, 5.74) is 3.14. The number of fused-ring (bicyclic) bond motifs is 1. The molecule has 0 saturated heterocycles. The molecule has 0 N–H and O–H groups in total. The number of rotatable bonds is 3. The highest BCUT2D eigenvalue weighted by atomic mass is 32.1. The van der Waals surface area contributed by atoms with Crippen LogP contribution in [0.2, 0.25) is 0 Å². The monoisotopic (exact) mass is 301 g/mol. The summed E-state index contributed by atoms with van der Waals surface area (Å²) in [4.78, 5) is 16.1. The first-order valence-electron chi connectivity index (χ1n) is 7.16. The van der Waals surface area contributed by atoms with Gasteiger partial charge in [-0.1, -0.05) is 12.1 Å². The zero-order valence-corrected chi connectivity index (χ0v) is 13.2. The van der Waals surface area contributed by atoms with Crippen LogP contribution in [0.4, 0.5) is 0 Å². The summed E-state index contributed by atoms with van der Waals surface area (Å²) in [6.45, 7) is 3.49. The van der Waals surface area contributed by atoms with Gasteiger partial charge in [-0.2, -0.15) is 0 Å². The number of benzene rings is 1. The van der Waals surface area contributed by atoms with Gasteiger partial charge in [0.2, 0.25) is 0 Å². The second-order valence-electron chi connectivity index (χ2n) is 5.35. The molecule has 0 saturated carbocycles. The van der Waals surface area contributed by atoms with Gasteiger partial charge in [0.25, 0.3) is 5.91 Å². The van der Waals surface area contributed by atoms with Crippen LogP contribution < -0.4 is 0 Å². The Labute approximate surface area is 129 Å². The van der Waals surface area contributed by atoms with Crippen molar-refractivity contribution >= 4 is 17.2 Å². The predicted molar refractivity (Wildman–Crippen MR) is 84.6 cm³/mol. The SMILES string of the molecule is COCc1ccc(C(=O)N2CCc3sccc3[C@@H]2C)cc1. The minimum atomic E-state index is 0.114. The molecule has 1 atom stereocenters. The van der Waals surface area contributed by atoms with Gasteiger partial charge in [0.1, 0.15) is 0 Å². The van der Waals surface area contributed by atoms with Crippen LogP contribution in [0.3, 0.4) is 0 Å². The first kappa shape index (κ1) is 14.3. The fourth-order valence-electron chi connectivity index (χ4n) is 2.86. The molecule has 4 heteroatoms. The highest BCUT2D eigenvalue weighted by molar-refractivity contribution is 7.10. The molecule has 3 nitrogen and oxygen atoms in total. The lowest BCUT2D eigenvalue weighted by Crippen LogP contribution is -2.38. The Balaban J connectivity index is 1.79. The van der Waals surface area contributed by atoms with Crippen molar-refractivity contribution in [1.29, 1.82) is 0 Å². The van der Waals surface area contributed by atoms with Gasteiger partial charge in [0.15, 0.2) is 0 Å². The Bertz CT molecular complexity index is 632. The van der Waals surface area contributed by atoms with Gasteiger partial charge in [-0.25, -0.2) is 0 Å². The fraction of sp³-hybridized carbons (Fsp3) is 0.353. The molecular weight excluding hydrogens is 282 g/mol. The standard InChI is InChI=1S/C17H19NO2S/c1-12-15-8-10-21-16(15)7-9-18(12)17(19)14-5-3-13(4-6-14)11-20-2/h3-6,8,10,12H,7,9,11H2,1-2H3/t12-/m0/s1. The molecule has 0 bridgehead atoms. The molecule has 1 aliphatic rings. The van der Waals surface area contributed by atoms with Crippen molar-refractivity contribution in [3.05, 3.63) is 57.3 Å². The van der Waals surface area contributed by atoms with Crippen molar-refractivity contribution in [1.82, 2.24) is 4.90 Å². The summed E-state index contributed by atoms with van der Waals surface area (Å²) in [6.07, 6.45) is 0.963. The lowest BCUT2D eigenvalue weighted by Gasteiger charge is -2.33. The van der Waals surface area contributed by atoms with Crippen molar-refractivity contribution in [3.63, 3.8) is 0 Å². The van der Waals surface area contributed by atoms with Gasteiger partial charge in [0, 0.05) is 24.1 Å². The number of hydrogen-bond donors (Lipinski definition) is 0. The highest BCUT2D eigenvalue weighted by Crippen LogP contribution is 2.33. The third-order valence-electron chi connectivity index (χ3n) is 4.05. The molecule has 0 spiro atoms. The Kier molecular flexibility index (Phi) is 4.08. The normalized spacial score (nSPS) is 17.6. The number of hydrogen-bond acceptors (Lipinski definition) is 3. The molecule has 0 fully saturated rings. The van der Waals surface area contributed by atoms with E-state index in [9.17, 15) is 4.79 Å².